The van der Waals surface area contributed by atoms with E-state index in [4.69, 9.17) is 0 Å². The largest absolute Gasteiger partial charge is 0.355 e. The Kier molecular flexibility index (Phi) is 5.50. The third kappa shape index (κ3) is 3.97. The monoisotopic (exact) mass is 375 g/mol. The number of carbonyl (C=O) groups excluding carboxylic acids is 2. The van der Waals surface area contributed by atoms with Crippen LogP contribution in [0, 0.1) is 13.8 Å². The minimum atomic E-state index is -0.288. The molecule has 9 nitrogen and oxygen atoms in total. The number of urea groups is 1. The Morgan fingerprint density at radius 2 is 1.85 bits per heavy atom. The molecule has 3 heterocycles. The highest BCUT2D eigenvalue weighted by molar-refractivity contribution is 5.91. The molecule has 1 atom stereocenters. The van der Waals surface area contributed by atoms with Crippen molar-refractivity contribution < 1.29 is 9.59 Å². The van der Waals surface area contributed by atoms with Crippen LogP contribution in [0.4, 0.5) is 10.6 Å². The minimum Gasteiger partial charge on any atom is -0.355 e. The zero-order valence-electron chi connectivity index (χ0n) is 16.7. The Bertz CT molecular complexity index is 731. The molecule has 0 unspecified atom stereocenters. The van der Waals surface area contributed by atoms with Crippen molar-refractivity contribution in [3.63, 3.8) is 0 Å². The summed E-state index contributed by atoms with van der Waals surface area (Å²) < 4.78 is 0. The fourth-order valence-corrected chi connectivity index (χ4v) is 3.52. The number of likely N-dealkylation sites (tertiary alicyclic amines) is 1. The molecule has 3 rings (SSSR count). The maximum Gasteiger partial charge on any atom is 0.317 e. The molecule has 0 bridgehead atoms. The number of hydrogen-bond donors (Lipinski definition) is 2. The average Bonchev–Trinajstić information content (AvgIpc) is 3.09. The van der Waals surface area contributed by atoms with Gasteiger partial charge in [0.25, 0.3) is 5.91 Å². The molecule has 1 aromatic heterocycles. The van der Waals surface area contributed by atoms with Crippen molar-refractivity contribution in [2.45, 2.75) is 32.4 Å². The first-order chi connectivity index (χ1) is 12.8. The Morgan fingerprint density at radius 3 is 2.44 bits per heavy atom. The van der Waals surface area contributed by atoms with Crippen LogP contribution in [0.1, 0.15) is 28.3 Å². The van der Waals surface area contributed by atoms with Gasteiger partial charge in [0.2, 0.25) is 5.82 Å². The van der Waals surface area contributed by atoms with Crippen molar-refractivity contribution in [2.24, 2.45) is 0 Å². The van der Waals surface area contributed by atoms with Gasteiger partial charge in [-0.2, -0.15) is 0 Å². The highest BCUT2D eigenvalue weighted by atomic mass is 16.2. The molecule has 0 aromatic carbocycles. The molecule has 2 fully saturated rings. The smallest absolute Gasteiger partial charge is 0.317 e. The molecule has 0 radical (unpaired) electrons. The molecule has 0 saturated carbocycles. The third-order valence-corrected chi connectivity index (χ3v) is 5.48. The lowest BCUT2D eigenvalue weighted by Gasteiger charge is -2.38. The van der Waals surface area contributed by atoms with E-state index < -0.39 is 0 Å². The molecule has 2 aliphatic heterocycles. The zero-order valence-corrected chi connectivity index (χ0v) is 16.7. The van der Waals surface area contributed by atoms with Crippen LogP contribution in [-0.4, -0.2) is 91.1 Å². The summed E-state index contributed by atoms with van der Waals surface area (Å²) in [6, 6.07) is 0.297. The number of nitrogens with one attached hydrogen (secondary N) is 2. The molecule has 3 amide bonds. The van der Waals surface area contributed by atoms with Crippen molar-refractivity contribution in [2.75, 3.05) is 52.2 Å². The standard InChI is InChI=1S/C18H29N7O2/c1-11-12(2)20-15(17(26)21-13-8-25(9-13)18(27)19-3)22-16(11)24-7-6-14(10-24)23(4)5/h13-14H,6-10H2,1-5H3,(H,19,27)(H,21,26)/t14-/m1/s1. The molecule has 9 heteroatoms. The molecule has 1 aromatic rings. The summed E-state index contributed by atoms with van der Waals surface area (Å²) in [7, 11) is 5.77. The first-order valence-corrected chi connectivity index (χ1v) is 9.34. The number of anilines is 1. The molecule has 0 aliphatic carbocycles. The molecule has 2 aliphatic rings. The summed E-state index contributed by atoms with van der Waals surface area (Å²) in [5.74, 6) is 0.752. The van der Waals surface area contributed by atoms with E-state index in [9.17, 15) is 9.59 Å². The van der Waals surface area contributed by atoms with Crippen molar-refractivity contribution >= 4 is 17.8 Å². The highest BCUT2D eigenvalue weighted by Gasteiger charge is 2.32. The van der Waals surface area contributed by atoms with Gasteiger partial charge in [-0.25, -0.2) is 14.8 Å². The van der Waals surface area contributed by atoms with Crippen LogP contribution in [0.15, 0.2) is 0 Å². The molecule has 148 valence electrons. The van der Waals surface area contributed by atoms with Crippen LogP contribution in [0.3, 0.4) is 0 Å². The van der Waals surface area contributed by atoms with Crippen molar-refractivity contribution in [3.8, 4) is 0 Å². The fourth-order valence-electron chi connectivity index (χ4n) is 3.52. The second kappa shape index (κ2) is 7.67. The molecule has 0 spiro atoms. The highest BCUT2D eigenvalue weighted by Crippen LogP contribution is 2.25. The number of nitrogens with zero attached hydrogens (tertiary/aromatic N) is 5. The van der Waals surface area contributed by atoms with E-state index in [0.717, 1.165) is 36.6 Å². The lowest BCUT2D eigenvalue weighted by Crippen LogP contribution is -2.62. The van der Waals surface area contributed by atoms with Gasteiger partial charge in [0.05, 0.1) is 6.04 Å². The van der Waals surface area contributed by atoms with Crippen LogP contribution < -0.4 is 15.5 Å². The van der Waals surface area contributed by atoms with Crippen LogP contribution >= 0.6 is 0 Å². The maximum atomic E-state index is 12.6. The first-order valence-electron chi connectivity index (χ1n) is 9.34. The van der Waals surface area contributed by atoms with Gasteiger partial charge >= 0.3 is 6.03 Å². The van der Waals surface area contributed by atoms with E-state index in [2.05, 4.69) is 44.5 Å². The number of amides is 3. The number of hydrogen-bond acceptors (Lipinski definition) is 6. The molecule has 2 N–H and O–H groups in total. The van der Waals surface area contributed by atoms with Gasteiger partial charge in [-0.1, -0.05) is 0 Å². The maximum absolute atomic E-state index is 12.6. The summed E-state index contributed by atoms with van der Waals surface area (Å²) in [6.07, 6.45) is 1.08. The lowest BCUT2D eigenvalue weighted by atomic mass is 10.1. The second-order valence-corrected chi connectivity index (χ2v) is 7.56. The van der Waals surface area contributed by atoms with E-state index in [1.807, 2.05) is 13.8 Å². The van der Waals surface area contributed by atoms with E-state index in [1.54, 1.807) is 11.9 Å². The first kappa shape index (κ1) is 19.3. The van der Waals surface area contributed by atoms with E-state index in [-0.39, 0.29) is 23.8 Å². The molecule has 27 heavy (non-hydrogen) atoms. The van der Waals surface area contributed by atoms with E-state index in [1.165, 1.54) is 0 Å². The van der Waals surface area contributed by atoms with Crippen LogP contribution in [-0.2, 0) is 0 Å². The molecular formula is C18H29N7O2. The summed E-state index contributed by atoms with van der Waals surface area (Å²) >= 11 is 0. The SMILES string of the molecule is CNC(=O)N1CC(NC(=O)c2nc(C)c(C)c(N3CC[C@@H](N(C)C)C3)n2)C1. The Hall–Kier alpha value is -2.42. The Balaban J connectivity index is 1.69. The van der Waals surface area contributed by atoms with Gasteiger partial charge < -0.3 is 25.3 Å². The van der Waals surface area contributed by atoms with E-state index >= 15 is 0 Å². The number of carbonyl (C=O) groups is 2. The predicted octanol–water partition coefficient (Wildman–Crippen LogP) is -0.0129. The second-order valence-electron chi connectivity index (χ2n) is 7.56. The van der Waals surface area contributed by atoms with E-state index in [0.29, 0.717) is 19.1 Å². The van der Waals surface area contributed by atoms with Crippen LogP contribution in [0.2, 0.25) is 0 Å². The number of aromatic nitrogens is 2. The van der Waals surface area contributed by atoms with Crippen molar-refractivity contribution in [1.82, 2.24) is 30.4 Å². The number of rotatable bonds is 4. The molecular weight excluding hydrogens is 346 g/mol. The quantitative estimate of drug-likeness (QED) is 0.769. The number of likely N-dealkylation sites (N-methyl/N-ethyl adjacent to an activating group) is 1. The summed E-state index contributed by atoms with van der Waals surface area (Å²) in [4.78, 5) is 39.2. The topological polar surface area (TPSA) is 93.7 Å². The fraction of sp³-hybridized carbons (Fsp3) is 0.667. The third-order valence-electron chi connectivity index (χ3n) is 5.48. The lowest BCUT2D eigenvalue weighted by molar-refractivity contribution is 0.0845. The van der Waals surface area contributed by atoms with Crippen LogP contribution in [0.25, 0.3) is 0 Å². The normalized spacial score (nSPS) is 20.0. The van der Waals surface area contributed by atoms with Gasteiger partial charge in [0.1, 0.15) is 5.82 Å². The van der Waals surface area contributed by atoms with Gasteiger partial charge in [-0.05, 0) is 34.4 Å². The minimum absolute atomic E-state index is 0.0617. The number of aryl methyl sites for hydroxylation is 1. The summed E-state index contributed by atoms with van der Waals surface area (Å²) in [5.41, 5.74) is 1.83. The zero-order chi connectivity index (χ0) is 19.7. The average molecular weight is 375 g/mol. The van der Waals surface area contributed by atoms with Crippen molar-refractivity contribution in [3.05, 3.63) is 17.1 Å². The Morgan fingerprint density at radius 1 is 1.15 bits per heavy atom. The molecule has 2 saturated heterocycles. The van der Waals surface area contributed by atoms with Gasteiger partial charge in [0, 0.05) is 50.5 Å². The summed E-state index contributed by atoms with van der Waals surface area (Å²) in [6.45, 7) is 6.73. The Labute approximate surface area is 160 Å². The summed E-state index contributed by atoms with van der Waals surface area (Å²) in [5, 5.41) is 5.50. The van der Waals surface area contributed by atoms with Gasteiger partial charge in [0.15, 0.2) is 0 Å². The predicted molar refractivity (Wildman–Crippen MR) is 103 cm³/mol. The van der Waals surface area contributed by atoms with Crippen LogP contribution in [0.5, 0.6) is 0 Å². The van der Waals surface area contributed by atoms with Gasteiger partial charge in [-0.15, -0.1) is 0 Å². The van der Waals surface area contributed by atoms with Gasteiger partial charge in [-0.3, -0.25) is 4.79 Å². The van der Waals surface area contributed by atoms with Crippen molar-refractivity contribution in [1.29, 1.82) is 0 Å².